The third kappa shape index (κ3) is 6.37. The summed E-state index contributed by atoms with van der Waals surface area (Å²) in [6.07, 6.45) is 17.7. The van der Waals surface area contributed by atoms with Gasteiger partial charge in [-0.2, -0.15) is 0 Å². The van der Waals surface area contributed by atoms with Gasteiger partial charge in [0.05, 0.1) is 13.3 Å². The number of nitrogens with zero attached hydrogens (tertiary/aromatic N) is 1. The first-order valence-electron chi connectivity index (χ1n) is 22.8. The molecule has 1 nitrogen and oxygen atoms in total. The maximum absolute atomic E-state index is 7.09. The van der Waals surface area contributed by atoms with Gasteiger partial charge >= 0.3 is 0 Å². The Balaban J connectivity index is 1.14. The number of hydrogen-bond donors (Lipinski definition) is 0. The molecule has 0 heterocycles. The number of benzene rings is 7. The van der Waals surface area contributed by atoms with E-state index in [-0.39, 0.29) is 10.8 Å². The number of rotatable bonds is 7. The van der Waals surface area contributed by atoms with Crippen LogP contribution in [0.5, 0.6) is 0 Å². The fourth-order valence-corrected chi connectivity index (χ4v) is 11.0. The Hall–Kier alpha value is -6.90. The van der Waals surface area contributed by atoms with Crippen molar-refractivity contribution in [1.29, 1.82) is 0 Å². The maximum Gasteiger partial charge on any atom is 0.0854 e. The lowest BCUT2D eigenvalue weighted by Gasteiger charge is -2.40. The maximum atomic E-state index is 7.09. The lowest BCUT2D eigenvalue weighted by Crippen LogP contribution is -2.33. The molecule has 0 fully saturated rings. The molecular weight excluding hydrogens is 770 g/mol. The summed E-state index contributed by atoms with van der Waals surface area (Å²) in [6, 6.07) is 62.5. The van der Waals surface area contributed by atoms with Gasteiger partial charge in [-0.1, -0.05) is 209 Å². The van der Waals surface area contributed by atoms with E-state index in [0.717, 1.165) is 23.5 Å². The van der Waals surface area contributed by atoms with Crippen molar-refractivity contribution in [3.8, 4) is 33.4 Å². The molecule has 0 spiro atoms. The van der Waals surface area contributed by atoms with Gasteiger partial charge in [0.25, 0.3) is 0 Å². The van der Waals surface area contributed by atoms with Gasteiger partial charge < -0.3 is 4.90 Å². The zero-order valence-corrected chi connectivity index (χ0v) is 37.4. The average molecular weight is 822 g/mol. The minimum Gasteiger partial charge on any atom is -0.310 e. The Labute approximate surface area is 381 Å². The summed E-state index contributed by atoms with van der Waals surface area (Å²) in [6.45, 7) is 11.5. The number of hydrogen-bond acceptors (Lipinski definition) is 1. The van der Waals surface area contributed by atoms with E-state index in [1.54, 1.807) is 0 Å². The SMILES string of the molecule is [B]C1(C)C=CC2=CC(=C1)C(C)(C)c1cc(C)cc3c1C2(C1=CCC(C)(c2ccccc2)C=C1)c1ccc(N(c2ccc(-c4ccccc4)cc2)c2ccc(-c4ccccc4)cc2)cc1-3. The quantitative estimate of drug-likeness (QED) is 0.145. The number of aryl methyl sites for hydroxylation is 1. The molecule has 2 bridgehead atoms. The molecule has 11 rings (SSSR count). The minimum absolute atomic E-state index is 0.114. The molecular formula is C62H52BN. The number of anilines is 3. The molecule has 0 saturated carbocycles. The van der Waals surface area contributed by atoms with Crippen LogP contribution in [-0.2, 0) is 16.2 Å². The second kappa shape index (κ2) is 14.9. The molecule has 0 amide bonds. The molecule has 2 heteroatoms. The summed E-state index contributed by atoms with van der Waals surface area (Å²) < 4.78 is 0. The first-order valence-corrected chi connectivity index (χ1v) is 22.8. The molecule has 7 aromatic rings. The van der Waals surface area contributed by atoms with Gasteiger partial charge in [-0.25, -0.2) is 0 Å². The van der Waals surface area contributed by atoms with E-state index in [1.165, 1.54) is 77.9 Å². The van der Waals surface area contributed by atoms with Crippen LogP contribution in [0.4, 0.5) is 17.1 Å². The van der Waals surface area contributed by atoms with E-state index in [4.69, 9.17) is 7.85 Å². The van der Waals surface area contributed by atoms with Crippen LogP contribution in [0.25, 0.3) is 33.4 Å². The molecule has 64 heavy (non-hydrogen) atoms. The van der Waals surface area contributed by atoms with Crippen LogP contribution < -0.4 is 4.90 Å². The predicted octanol–water partition coefficient (Wildman–Crippen LogP) is 16.0. The van der Waals surface area contributed by atoms with Crippen LogP contribution in [-0.4, -0.2) is 7.85 Å². The van der Waals surface area contributed by atoms with Gasteiger partial charge in [-0.3, -0.25) is 0 Å². The normalized spacial score (nSPS) is 22.3. The van der Waals surface area contributed by atoms with Gasteiger partial charge in [-0.15, -0.1) is 0 Å². The van der Waals surface area contributed by atoms with Crippen molar-refractivity contribution < 1.29 is 0 Å². The third-order valence-electron chi connectivity index (χ3n) is 14.5. The van der Waals surface area contributed by atoms with Gasteiger partial charge in [0.1, 0.15) is 0 Å². The summed E-state index contributed by atoms with van der Waals surface area (Å²) >= 11 is 0. The molecule has 4 aliphatic rings. The summed E-state index contributed by atoms with van der Waals surface area (Å²) in [7, 11) is 7.09. The minimum atomic E-state index is -0.600. The molecule has 0 aliphatic heterocycles. The monoisotopic (exact) mass is 821 g/mol. The van der Waals surface area contributed by atoms with E-state index in [9.17, 15) is 0 Å². The van der Waals surface area contributed by atoms with E-state index in [1.807, 2.05) is 0 Å². The zero-order chi connectivity index (χ0) is 43.8. The fourth-order valence-electron chi connectivity index (χ4n) is 11.0. The Morgan fingerprint density at radius 1 is 0.500 bits per heavy atom. The third-order valence-corrected chi connectivity index (χ3v) is 14.5. The fraction of sp³-hybridized carbons (Fsp3) is 0.161. The van der Waals surface area contributed by atoms with E-state index < -0.39 is 10.7 Å². The molecule has 3 unspecified atom stereocenters. The molecule has 4 aliphatic carbocycles. The van der Waals surface area contributed by atoms with Crippen LogP contribution in [0.3, 0.4) is 0 Å². The number of allylic oxidation sites excluding steroid dienone is 10. The van der Waals surface area contributed by atoms with E-state index in [2.05, 4.69) is 252 Å². The topological polar surface area (TPSA) is 3.24 Å². The summed E-state index contributed by atoms with van der Waals surface area (Å²) in [5.74, 6) is 0. The Bertz CT molecular complexity index is 3030. The lowest BCUT2D eigenvalue weighted by atomic mass is 9.61. The average Bonchev–Trinajstić information content (AvgIpc) is 3.44. The number of fused-ring (bicyclic) bond motifs is 5. The van der Waals surface area contributed by atoms with Crippen LogP contribution in [0.15, 0.2) is 229 Å². The highest BCUT2D eigenvalue weighted by Gasteiger charge is 2.53. The summed E-state index contributed by atoms with van der Waals surface area (Å²) in [5, 5.41) is -0.600. The molecule has 3 atom stereocenters. The molecule has 2 radical (unpaired) electrons. The van der Waals surface area contributed by atoms with E-state index >= 15 is 0 Å². The predicted molar refractivity (Wildman–Crippen MR) is 271 cm³/mol. The van der Waals surface area contributed by atoms with Crippen LogP contribution >= 0.6 is 0 Å². The van der Waals surface area contributed by atoms with Crippen LogP contribution in [0, 0.1) is 6.92 Å². The highest BCUT2D eigenvalue weighted by Crippen LogP contribution is 2.64. The standard InChI is InChI=1S/C62H52BN/c1-42-37-55-54-40-53(64(51-25-21-45(22-26-51)43-15-9-6-10-16-43)52-27-23-46(24-28-52)44-17-11-7-12-18-44)29-30-56(54)62(48-31-34-60(4,35-32-48)47-19-13-8-14-20-47)49-33-36-61(5,63)41-50(39-49)59(2,3)57(38-42)58(55)62/h6-34,36-41H,35H2,1-5H3. The molecule has 0 aromatic heterocycles. The van der Waals surface area contributed by atoms with Gasteiger partial charge in [0, 0.05) is 27.9 Å². The molecule has 308 valence electrons. The molecule has 0 saturated heterocycles. The summed E-state index contributed by atoms with van der Waals surface area (Å²) in [5.41, 5.74) is 20.2. The van der Waals surface area contributed by atoms with E-state index in [0.29, 0.717) is 0 Å². The first kappa shape index (κ1) is 39.9. The Morgan fingerprint density at radius 3 is 1.62 bits per heavy atom. The molecule has 7 aromatic carbocycles. The van der Waals surface area contributed by atoms with Crippen molar-refractivity contribution in [2.24, 2.45) is 0 Å². The van der Waals surface area contributed by atoms with Crippen LogP contribution in [0.2, 0.25) is 5.31 Å². The van der Waals surface area contributed by atoms with Crippen molar-refractivity contribution in [3.63, 3.8) is 0 Å². The first-order chi connectivity index (χ1) is 30.9. The van der Waals surface area contributed by atoms with Crippen molar-refractivity contribution in [2.45, 2.75) is 62.6 Å². The van der Waals surface area contributed by atoms with Gasteiger partial charge in [-0.05, 0) is 127 Å². The molecule has 0 N–H and O–H groups in total. The van der Waals surface area contributed by atoms with Crippen molar-refractivity contribution in [1.82, 2.24) is 0 Å². The highest BCUT2D eigenvalue weighted by molar-refractivity contribution is 6.18. The van der Waals surface area contributed by atoms with Crippen LogP contribution in [0.1, 0.15) is 61.9 Å². The van der Waals surface area contributed by atoms with Gasteiger partial charge in [0.15, 0.2) is 0 Å². The Morgan fingerprint density at radius 2 is 1.05 bits per heavy atom. The Kier molecular flexibility index (Phi) is 9.26. The lowest BCUT2D eigenvalue weighted by molar-refractivity contribution is 0.583. The largest absolute Gasteiger partial charge is 0.310 e. The smallest absolute Gasteiger partial charge is 0.0854 e. The summed E-state index contributed by atoms with van der Waals surface area (Å²) in [4.78, 5) is 2.42. The van der Waals surface area contributed by atoms with Crippen molar-refractivity contribution >= 4 is 24.9 Å². The van der Waals surface area contributed by atoms with Crippen molar-refractivity contribution in [2.75, 3.05) is 4.90 Å². The van der Waals surface area contributed by atoms with Gasteiger partial charge in [0.2, 0.25) is 0 Å². The highest BCUT2D eigenvalue weighted by atomic mass is 15.1. The zero-order valence-electron chi connectivity index (χ0n) is 37.4. The van der Waals surface area contributed by atoms with Crippen molar-refractivity contribution in [3.05, 3.63) is 257 Å². The second-order valence-corrected chi connectivity index (χ2v) is 19.4. The second-order valence-electron chi connectivity index (χ2n) is 19.4.